The zero-order chi connectivity index (χ0) is 16.2. The van der Waals surface area contributed by atoms with Gasteiger partial charge in [-0.2, -0.15) is 0 Å². The molecular weight excluding hydrogens is 266 g/mol. The van der Waals surface area contributed by atoms with Crippen LogP contribution in [-0.4, -0.2) is 28.8 Å². The summed E-state index contributed by atoms with van der Waals surface area (Å²) < 4.78 is 0. The predicted molar refractivity (Wildman–Crippen MR) is 85.5 cm³/mol. The van der Waals surface area contributed by atoms with Gasteiger partial charge in [-0.1, -0.05) is 13.8 Å². The molecule has 0 bridgehead atoms. The smallest absolute Gasteiger partial charge is 0.319 e. The lowest BCUT2D eigenvalue weighted by atomic mass is 9.87. The average Bonchev–Trinajstić information content (AvgIpc) is 2.29. The van der Waals surface area contributed by atoms with E-state index in [1.807, 2.05) is 40.7 Å². The molecule has 0 aromatic carbocycles. The SMILES string of the molecule is Cc1cc(C)c(NC(=O)NCC(C)(C)C[C@@H](C)O)c(C)n1. The molecule has 0 spiro atoms. The summed E-state index contributed by atoms with van der Waals surface area (Å²) in [6, 6.07) is 1.70. The summed E-state index contributed by atoms with van der Waals surface area (Å²) in [4.78, 5) is 16.4. The van der Waals surface area contributed by atoms with E-state index in [4.69, 9.17) is 0 Å². The van der Waals surface area contributed by atoms with Crippen molar-refractivity contribution < 1.29 is 9.90 Å². The van der Waals surface area contributed by atoms with Gasteiger partial charge in [0.05, 0.1) is 17.5 Å². The van der Waals surface area contributed by atoms with Crippen molar-refractivity contribution in [2.45, 2.75) is 54.1 Å². The number of nitrogens with one attached hydrogen (secondary N) is 2. The topological polar surface area (TPSA) is 74.2 Å². The third-order valence-electron chi connectivity index (χ3n) is 3.34. The highest BCUT2D eigenvalue weighted by molar-refractivity contribution is 5.90. The first-order valence-electron chi connectivity index (χ1n) is 7.28. The van der Waals surface area contributed by atoms with Gasteiger partial charge in [0.15, 0.2) is 0 Å². The molecule has 3 N–H and O–H groups in total. The number of rotatable bonds is 5. The van der Waals surface area contributed by atoms with E-state index >= 15 is 0 Å². The Balaban J connectivity index is 2.63. The maximum atomic E-state index is 12.0. The second-order valence-corrected chi connectivity index (χ2v) is 6.57. The number of urea groups is 1. The molecule has 2 amide bonds. The number of hydrogen-bond donors (Lipinski definition) is 3. The maximum Gasteiger partial charge on any atom is 0.319 e. The largest absolute Gasteiger partial charge is 0.393 e. The van der Waals surface area contributed by atoms with Crippen LogP contribution in [0.4, 0.5) is 10.5 Å². The molecule has 1 aromatic heterocycles. The first-order chi connectivity index (χ1) is 9.60. The number of aliphatic hydroxyl groups is 1. The second kappa shape index (κ2) is 6.89. The molecule has 1 heterocycles. The van der Waals surface area contributed by atoms with Gasteiger partial charge in [-0.25, -0.2) is 4.79 Å². The lowest BCUT2D eigenvalue weighted by Crippen LogP contribution is -2.38. The van der Waals surface area contributed by atoms with Crippen LogP contribution in [0.5, 0.6) is 0 Å². The molecule has 118 valence electrons. The fraction of sp³-hybridized carbons (Fsp3) is 0.625. The van der Waals surface area contributed by atoms with Gasteiger partial charge in [0.2, 0.25) is 0 Å². The average molecular weight is 293 g/mol. The van der Waals surface area contributed by atoms with E-state index in [1.165, 1.54) is 0 Å². The molecule has 5 heteroatoms. The Kier molecular flexibility index (Phi) is 5.72. The van der Waals surface area contributed by atoms with Gasteiger partial charge < -0.3 is 15.7 Å². The third-order valence-corrected chi connectivity index (χ3v) is 3.34. The van der Waals surface area contributed by atoms with E-state index in [-0.39, 0.29) is 17.6 Å². The van der Waals surface area contributed by atoms with Crippen LogP contribution in [0.25, 0.3) is 0 Å². The van der Waals surface area contributed by atoms with Crippen LogP contribution in [0.15, 0.2) is 6.07 Å². The van der Waals surface area contributed by atoms with E-state index < -0.39 is 0 Å². The van der Waals surface area contributed by atoms with Crippen molar-refractivity contribution in [2.75, 3.05) is 11.9 Å². The standard InChI is InChI=1S/C16H27N3O2/c1-10-7-11(2)18-13(4)14(10)19-15(21)17-9-16(5,6)8-12(3)20/h7,12,20H,8-9H2,1-6H3,(H2,17,19,21)/t12-/m1/s1. The highest BCUT2D eigenvalue weighted by Gasteiger charge is 2.21. The first kappa shape index (κ1) is 17.4. The number of hydrogen-bond acceptors (Lipinski definition) is 3. The molecule has 0 aliphatic carbocycles. The van der Waals surface area contributed by atoms with Crippen molar-refractivity contribution in [3.8, 4) is 0 Å². The highest BCUT2D eigenvalue weighted by atomic mass is 16.3. The van der Waals surface area contributed by atoms with Crippen LogP contribution in [0.2, 0.25) is 0 Å². The molecular formula is C16H27N3O2. The lowest BCUT2D eigenvalue weighted by Gasteiger charge is -2.26. The molecule has 1 aromatic rings. The molecule has 5 nitrogen and oxygen atoms in total. The fourth-order valence-corrected chi connectivity index (χ4v) is 2.56. The molecule has 0 aliphatic rings. The van der Waals surface area contributed by atoms with Crippen molar-refractivity contribution in [3.05, 3.63) is 23.0 Å². The number of anilines is 1. The minimum atomic E-state index is -0.379. The van der Waals surface area contributed by atoms with Crippen LogP contribution < -0.4 is 10.6 Å². The van der Waals surface area contributed by atoms with E-state index in [0.717, 1.165) is 22.6 Å². The number of aliphatic hydroxyl groups excluding tert-OH is 1. The Morgan fingerprint density at radius 2 is 2.00 bits per heavy atom. The number of amides is 2. The van der Waals surface area contributed by atoms with E-state index in [2.05, 4.69) is 15.6 Å². The number of pyridine rings is 1. The maximum absolute atomic E-state index is 12.0. The van der Waals surface area contributed by atoms with Gasteiger partial charge in [0.25, 0.3) is 0 Å². The first-order valence-corrected chi connectivity index (χ1v) is 7.28. The zero-order valence-electron chi connectivity index (χ0n) is 13.9. The molecule has 0 unspecified atom stereocenters. The van der Waals surface area contributed by atoms with Crippen LogP contribution in [0, 0.1) is 26.2 Å². The number of carbonyl (C=O) groups excluding carboxylic acids is 1. The van der Waals surface area contributed by atoms with E-state index in [0.29, 0.717) is 13.0 Å². The van der Waals surface area contributed by atoms with Gasteiger partial charge in [0, 0.05) is 12.2 Å². The summed E-state index contributed by atoms with van der Waals surface area (Å²) >= 11 is 0. The molecule has 1 rings (SSSR count). The summed E-state index contributed by atoms with van der Waals surface area (Å²) in [6.45, 7) is 12.1. The predicted octanol–water partition coefficient (Wildman–Crippen LogP) is 2.93. The van der Waals surface area contributed by atoms with Gasteiger partial charge in [0.1, 0.15) is 0 Å². The Bertz CT molecular complexity index is 487. The summed E-state index contributed by atoms with van der Waals surface area (Å²) in [6.07, 6.45) is 0.257. The Labute approximate surface area is 127 Å². The molecule has 0 fully saturated rings. The van der Waals surface area contributed by atoms with Crippen molar-refractivity contribution in [1.29, 1.82) is 0 Å². The van der Waals surface area contributed by atoms with Crippen LogP contribution in [0.3, 0.4) is 0 Å². The summed E-state index contributed by atoms with van der Waals surface area (Å²) in [5.41, 5.74) is 3.35. The molecule has 1 atom stereocenters. The molecule has 0 saturated carbocycles. The summed E-state index contributed by atoms with van der Waals surface area (Å²) in [5.74, 6) is 0. The number of nitrogens with zero attached hydrogens (tertiary/aromatic N) is 1. The Morgan fingerprint density at radius 1 is 1.38 bits per heavy atom. The molecule has 0 saturated heterocycles. The number of aromatic nitrogens is 1. The van der Waals surface area contributed by atoms with Crippen LogP contribution in [-0.2, 0) is 0 Å². The third kappa shape index (κ3) is 5.71. The van der Waals surface area contributed by atoms with Crippen molar-refractivity contribution in [1.82, 2.24) is 10.3 Å². The van der Waals surface area contributed by atoms with E-state index in [1.54, 1.807) is 6.92 Å². The van der Waals surface area contributed by atoms with Crippen molar-refractivity contribution >= 4 is 11.7 Å². The Morgan fingerprint density at radius 3 is 2.52 bits per heavy atom. The van der Waals surface area contributed by atoms with Crippen LogP contribution in [0.1, 0.15) is 44.1 Å². The van der Waals surface area contributed by atoms with Gasteiger partial charge >= 0.3 is 6.03 Å². The number of carbonyl (C=O) groups is 1. The number of aryl methyl sites for hydroxylation is 3. The molecule has 0 aliphatic heterocycles. The van der Waals surface area contributed by atoms with Crippen molar-refractivity contribution in [2.24, 2.45) is 5.41 Å². The zero-order valence-corrected chi connectivity index (χ0v) is 13.9. The lowest BCUT2D eigenvalue weighted by molar-refractivity contribution is 0.129. The second-order valence-electron chi connectivity index (χ2n) is 6.57. The van der Waals surface area contributed by atoms with Crippen molar-refractivity contribution in [3.63, 3.8) is 0 Å². The van der Waals surface area contributed by atoms with Gasteiger partial charge in [-0.05, 0) is 51.2 Å². The molecule has 0 radical (unpaired) electrons. The fourth-order valence-electron chi connectivity index (χ4n) is 2.56. The highest BCUT2D eigenvalue weighted by Crippen LogP contribution is 2.22. The minimum Gasteiger partial charge on any atom is -0.393 e. The minimum absolute atomic E-state index is 0.152. The summed E-state index contributed by atoms with van der Waals surface area (Å²) in [5, 5.41) is 15.2. The summed E-state index contributed by atoms with van der Waals surface area (Å²) in [7, 11) is 0. The van der Waals surface area contributed by atoms with Crippen LogP contribution >= 0.6 is 0 Å². The quantitative estimate of drug-likeness (QED) is 0.781. The normalized spacial score (nSPS) is 12.9. The molecule has 21 heavy (non-hydrogen) atoms. The van der Waals surface area contributed by atoms with Gasteiger partial charge in [-0.15, -0.1) is 0 Å². The van der Waals surface area contributed by atoms with E-state index in [9.17, 15) is 9.90 Å². The van der Waals surface area contributed by atoms with Gasteiger partial charge in [-0.3, -0.25) is 4.98 Å². The monoisotopic (exact) mass is 293 g/mol. The Hall–Kier alpha value is -1.62.